The summed E-state index contributed by atoms with van der Waals surface area (Å²) >= 11 is 0. The minimum absolute atomic E-state index is 0.0194. The summed E-state index contributed by atoms with van der Waals surface area (Å²) in [5.74, 6) is 1.12. The van der Waals surface area contributed by atoms with Crippen molar-refractivity contribution in [2.45, 2.75) is 78.2 Å². The number of allylic oxidation sites excluding steroid dienone is 1. The molecule has 0 saturated heterocycles. The zero-order valence-corrected chi connectivity index (χ0v) is 17.0. The molecule has 4 nitrogen and oxygen atoms in total. The van der Waals surface area contributed by atoms with Crippen LogP contribution >= 0.6 is 0 Å². The molecule has 2 rings (SSSR count). The van der Waals surface area contributed by atoms with E-state index in [9.17, 15) is 4.79 Å². The van der Waals surface area contributed by atoms with Crippen LogP contribution in [0.4, 0.5) is 0 Å². The van der Waals surface area contributed by atoms with Crippen molar-refractivity contribution in [3.63, 3.8) is 0 Å². The number of hydrogen-bond acceptors (Lipinski definition) is 2. The Morgan fingerprint density at radius 2 is 1.81 bits per heavy atom. The van der Waals surface area contributed by atoms with Gasteiger partial charge in [0.25, 0.3) is 0 Å². The Bertz CT molecular complexity index is 717. The van der Waals surface area contributed by atoms with Crippen molar-refractivity contribution in [3.05, 3.63) is 42.2 Å². The molecular formula is C23H35N3O. The monoisotopic (exact) mass is 369 g/mol. The van der Waals surface area contributed by atoms with Gasteiger partial charge in [-0.05, 0) is 38.0 Å². The number of fused-ring (bicyclic) bond motifs is 1. The zero-order valence-electron chi connectivity index (χ0n) is 17.0. The number of rotatable bonds is 13. The molecule has 0 aliphatic rings. The lowest BCUT2D eigenvalue weighted by Crippen LogP contribution is -2.22. The molecule has 0 atom stereocenters. The van der Waals surface area contributed by atoms with Crippen LogP contribution in [0.3, 0.4) is 0 Å². The standard InChI is InChI=1S/C23H35N3O/c1-3-5-6-7-8-9-12-19-26-21-16-11-10-15-20(21)25-22(26)17-13-18-24-23(27)14-4-2/h4,10-11,14-16H,3,5-9,12-13,17-19H2,1-2H3,(H,24,27)/b14-4-. The van der Waals surface area contributed by atoms with Gasteiger partial charge in [0, 0.05) is 19.5 Å². The summed E-state index contributed by atoms with van der Waals surface area (Å²) < 4.78 is 2.38. The number of unbranched alkanes of at least 4 members (excludes halogenated alkanes) is 6. The Labute approximate surface area is 164 Å². The molecule has 1 aromatic carbocycles. The summed E-state index contributed by atoms with van der Waals surface area (Å²) in [6, 6.07) is 8.40. The second-order valence-corrected chi connectivity index (χ2v) is 7.18. The summed E-state index contributed by atoms with van der Waals surface area (Å²) in [4.78, 5) is 16.4. The molecule has 148 valence electrons. The fourth-order valence-electron chi connectivity index (χ4n) is 3.46. The summed E-state index contributed by atoms with van der Waals surface area (Å²) in [6.45, 7) is 5.84. The quantitative estimate of drug-likeness (QED) is 0.379. The predicted octanol–water partition coefficient (Wildman–Crippen LogP) is 5.41. The summed E-state index contributed by atoms with van der Waals surface area (Å²) in [7, 11) is 0. The molecule has 4 heteroatoms. The van der Waals surface area contributed by atoms with Gasteiger partial charge >= 0.3 is 0 Å². The molecule has 0 aliphatic heterocycles. The lowest BCUT2D eigenvalue weighted by Gasteiger charge is -2.10. The van der Waals surface area contributed by atoms with Crippen molar-refractivity contribution in [1.82, 2.24) is 14.9 Å². The van der Waals surface area contributed by atoms with E-state index < -0.39 is 0 Å². The number of aryl methyl sites for hydroxylation is 2. The minimum atomic E-state index is -0.0194. The van der Waals surface area contributed by atoms with E-state index in [1.54, 1.807) is 12.2 Å². The third-order valence-corrected chi connectivity index (χ3v) is 4.91. The van der Waals surface area contributed by atoms with Crippen LogP contribution in [0.25, 0.3) is 11.0 Å². The Morgan fingerprint density at radius 3 is 2.59 bits per heavy atom. The van der Waals surface area contributed by atoms with Crippen LogP contribution in [0.15, 0.2) is 36.4 Å². The summed E-state index contributed by atoms with van der Waals surface area (Å²) in [6.07, 6.45) is 14.3. The smallest absolute Gasteiger partial charge is 0.243 e. The normalized spacial score (nSPS) is 11.5. The first-order chi connectivity index (χ1) is 13.3. The van der Waals surface area contributed by atoms with Gasteiger partial charge < -0.3 is 9.88 Å². The second-order valence-electron chi connectivity index (χ2n) is 7.18. The van der Waals surface area contributed by atoms with E-state index in [4.69, 9.17) is 4.98 Å². The van der Waals surface area contributed by atoms with E-state index in [-0.39, 0.29) is 5.91 Å². The number of nitrogens with one attached hydrogen (secondary N) is 1. The van der Waals surface area contributed by atoms with E-state index in [0.29, 0.717) is 6.54 Å². The van der Waals surface area contributed by atoms with Crippen molar-refractivity contribution >= 4 is 16.9 Å². The molecule has 0 spiro atoms. The van der Waals surface area contributed by atoms with Crippen molar-refractivity contribution in [3.8, 4) is 0 Å². The molecule has 0 saturated carbocycles. The second kappa shape index (κ2) is 12.3. The van der Waals surface area contributed by atoms with Crippen molar-refractivity contribution < 1.29 is 4.79 Å². The van der Waals surface area contributed by atoms with Gasteiger partial charge in [0.2, 0.25) is 5.91 Å². The SMILES string of the molecule is C/C=C\C(=O)NCCCc1nc2ccccc2n1CCCCCCCCC. The van der Waals surface area contributed by atoms with Crippen molar-refractivity contribution in [1.29, 1.82) is 0 Å². The van der Waals surface area contributed by atoms with Gasteiger partial charge in [-0.3, -0.25) is 4.79 Å². The molecule has 0 fully saturated rings. The number of para-hydroxylation sites is 2. The van der Waals surface area contributed by atoms with Crippen LogP contribution in [0.5, 0.6) is 0 Å². The van der Waals surface area contributed by atoms with E-state index in [0.717, 1.165) is 30.7 Å². The maximum absolute atomic E-state index is 11.5. The number of nitrogens with zero attached hydrogens (tertiary/aromatic N) is 2. The highest BCUT2D eigenvalue weighted by atomic mass is 16.1. The number of carbonyl (C=O) groups excluding carboxylic acids is 1. The first-order valence-corrected chi connectivity index (χ1v) is 10.6. The molecule has 0 radical (unpaired) electrons. The number of hydrogen-bond donors (Lipinski definition) is 1. The molecule has 2 aromatic rings. The molecule has 27 heavy (non-hydrogen) atoms. The summed E-state index contributed by atoms with van der Waals surface area (Å²) in [5.41, 5.74) is 2.31. The Kier molecular flexibility index (Phi) is 9.67. The number of benzene rings is 1. The highest BCUT2D eigenvalue weighted by Crippen LogP contribution is 2.18. The van der Waals surface area contributed by atoms with E-state index in [2.05, 4.69) is 41.1 Å². The molecule has 0 unspecified atom stereocenters. The maximum Gasteiger partial charge on any atom is 0.243 e. The molecule has 0 aliphatic carbocycles. The number of amides is 1. The van der Waals surface area contributed by atoms with Gasteiger partial charge in [0.1, 0.15) is 5.82 Å². The molecule has 1 amide bonds. The van der Waals surface area contributed by atoms with Gasteiger partial charge in [-0.2, -0.15) is 0 Å². The Morgan fingerprint density at radius 1 is 1.07 bits per heavy atom. The molecule has 1 N–H and O–H groups in total. The molecular weight excluding hydrogens is 334 g/mol. The first-order valence-electron chi connectivity index (χ1n) is 10.6. The van der Waals surface area contributed by atoms with Crippen LogP contribution < -0.4 is 5.32 Å². The Balaban J connectivity index is 1.87. The third-order valence-electron chi connectivity index (χ3n) is 4.91. The van der Waals surface area contributed by atoms with E-state index in [1.807, 2.05) is 6.92 Å². The van der Waals surface area contributed by atoms with E-state index in [1.165, 1.54) is 50.5 Å². The lowest BCUT2D eigenvalue weighted by molar-refractivity contribution is -0.116. The average molecular weight is 370 g/mol. The van der Waals surface area contributed by atoms with E-state index >= 15 is 0 Å². The minimum Gasteiger partial charge on any atom is -0.353 e. The molecule has 0 bridgehead atoms. The highest BCUT2D eigenvalue weighted by Gasteiger charge is 2.10. The maximum atomic E-state index is 11.5. The average Bonchev–Trinajstić information content (AvgIpc) is 3.02. The fourth-order valence-corrected chi connectivity index (χ4v) is 3.46. The van der Waals surface area contributed by atoms with Gasteiger partial charge in [0.05, 0.1) is 11.0 Å². The number of carbonyl (C=O) groups is 1. The van der Waals surface area contributed by atoms with Gasteiger partial charge in [-0.1, -0.05) is 63.7 Å². The van der Waals surface area contributed by atoms with Crippen LogP contribution in [0, 0.1) is 0 Å². The van der Waals surface area contributed by atoms with Crippen LogP contribution in [0.1, 0.15) is 71.0 Å². The Hall–Kier alpha value is -2.10. The lowest BCUT2D eigenvalue weighted by atomic mass is 10.1. The molecule has 1 heterocycles. The van der Waals surface area contributed by atoms with Crippen LogP contribution in [0.2, 0.25) is 0 Å². The largest absolute Gasteiger partial charge is 0.353 e. The number of aromatic nitrogens is 2. The fraction of sp³-hybridized carbons (Fsp3) is 0.565. The highest BCUT2D eigenvalue weighted by molar-refractivity contribution is 5.87. The van der Waals surface area contributed by atoms with Gasteiger partial charge in [0.15, 0.2) is 0 Å². The topological polar surface area (TPSA) is 46.9 Å². The predicted molar refractivity (Wildman–Crippen MR) is 114 cm³/mol. The molecule has 1 aromatic heterocycles. The third kappa shape index (κ3) is 7.20. The zero-order chi connectivity index (χ0) is 19.3. The van der Waals surface area contributed by atoms with Gasteiger partial charge in [-0.15, -0.1) is 0 Å². The first kappa shape index (κ1) is 21.2. The van der Waals surface area contributed by atoms with Crippen molar-refractivity contribution in [2.75, 3.05) is 6.54 Å². The van der Waals surface area contributed by atoms with Crippen LogP contribution in [-0.4, -0.2) is 22.0 Å². The summed E-state index contributed by atoms with van der Waals surface area (Å²) in [5, 5.41) is 2.92. The number of imidazole rings is 1. The van der Waals surface area contributed by atoms with Gasteiger partial charge in [-0.25, -0.2) is 4.98 Å². The van der Waals surface area contributed by atoms with Crippen LogP contribution in [-0.2, 0) is 17.8 Å². The van der Waals surface area contributed by atoms with Crippen molar-refractivity contribution in [2.24, 2.45) is 0 Å².